The van der Waals surface area contributed by atoms with Gasteiger partial charge in [0.2, 0.25) is 5.91 Å². The Labute approximate surface area is 157 Å². The molecule has 2 aromatic rings. The quantitative estimate of drug-likeness (QED) is 0.847. The Hall–Kier alpha value is -2.15. The Bertz CT molecular complexity index is 821. The van der Waals surface area contributed by atoms with E-state index in [2.05, 4.69) is 17.3 Å². The van der Waals surface area contributed by atoms with Crippen molar-refractivity contribution in [2.24, 2.45) is 0 Å². The molecule has 0 bridgehead atoms. The van der Waals surface area contributed by atoms with Gasteiger partial charge in [0.1, 0.15) is 0 Å². The zero-order chi connectivity index (χ0) is 18.1. The van der Waals surface area contributed by atoms with Crippen LogP contribution in [0, 0.1) is 0 Å². The highest BCUT2D eigenvalue weighted by Crippen LogP contribution is 2.22. The topological polar surface area (TPSA) is 67.2 Å². The van der Waals surface area contributed by atoms with Gasteiger partial charge < -0.3 is 10.2 Å². The van der Waals surface area contributed by atoms with Gasteiger partial charge in [-0.3, -0.25) is 14.3 Å². The van der Waals surface area contributed by atoms with Crippen LogP contribution >= 0.6 is 11.3 Å². The van der Waals surface area contributed by atoms with E-state index in [0.717, 1.165) is 35.5 Å². The molecule has 0 atom stereocenters. The number of nitrogens with zero attached hydrogens (tertiary/aromatic N) is 3. The van der Waals surface area contributed by atoms with Gasteiger partial charge in [-0.1, -0.05) is 6.92 Å². The number of hydrogen-bond acceptors (Lipinski definition) is 4. The first-order valence-electron chi connectivity index (χ1n) is 9.35. The van der Waals surface area contributed by atoms with Crippen LogP contribution in [0.25, 0.3) is 0 Å². The molecule has 2 aromatic heterocycles. The summed E-state index contributed by atoms with van der Waals surface area (Å²) in [6.45, 7) is 4.07. The normalized spacial score (nSPS) is 16.4. The summed E-state index contributed by atoms with van der Waals surface area (Å²) < 4.78 is 1.98. The summed E-state index contributed by atoms with van der Waals surface area (Å²) >= 11 is 1.58. The van der Waals surface area contributed by atoms with Gasteiger partial charge in [-0.15, -0.1) is 11.3 Å². The summed E-state index contributed by atoms with van der Waals surface area (Å²) in [6.07, 6.45) is 4.31. The molecule has 26 heavy (non-hydrogen) atoms. The predicted octanol–water partition coefficient (Wildman–Crippen LogP) is 2.37. The number of nitrogens with one attached hydrogen (secondary N) is 1. The van der Waals surface area contributed by atoms with E-state index in [1.165, 1.54) is 4.88 Å². The van der Waals surface area contributed by atoms with Crippen molar-refractivity contribution in [1.29, 1.82) is 0 Å². The largest absolute Gasteiger partial charge is 0.353 e. The zero-order valence-corrected chi connectivity index (χ0v) is 15.8. The van der Waals surface area contributed by atoms with Gasteiger partial charge >= 0.3 is 0 Å². The molecule has 3 heterocycles. The number of hydrogen-bond donors (Lipinski definition) is 1. The van der Waals surface area contributed by atoms with Crippen LogP contribution in [-0.2, 0) is 30.7 Å². The first-order valence-corrected chi connectivity index (χ1v) is 10.2. The van der Waals surface area contributed by atoms with Gasteiger partial charge in [0.15, 0.2) is 0 Å². The number of rotatable bonds is 6. The number of aromatic nitrogens is 2. The molecule has 1 aliphatic heterocycles. The summed E-state index contributed by atoms with van der Waals surface area (Å²) in [4.78, 5) is 28.5. The average Bonchev–Trinajstić information content (AvgIpc) is 3.18. The van der Waals surface area contributed by atoms with E-state index in [1.807, 2.05) is 27.8 Å². The number of carbonyl (C=O) groups is 2. The molecule has 0 unspecified atom stereocenters. The summed E-state index contributed by atoms with van der Waals surface area (Å²) in [7, 11) is 0. The lowest BCUT2D eigenvalue weighted by Crippen LogP contribution is -2.38. The van der Waals surface area contributed by atoms with E-state index >= 15 is 0 Å². The zero-order valence-electron chi connectivity index (χ0n) is 15.0. The first-order chi connectivity index (χ1) is 12.6. The molecular weight excluding hydrogens is 348 g/mol. The second-order valence-electron chi connectivity index (χ2n) is 7.04. The minimum absolute atomic E-state index is 0.104. The molecule has 1 fully saturated rings. The molecule has 1 saturated carbocycles. The van der Waals surface area contributed by atoms with E-state index in [1.54, 1.807) is 11.3 Å². The Balaban J connectivity index is 1.36. The lowest BCUT2D eigenvalue weighted by Gasteiger charge is -2.27. The maximum absolute atomic E-state index is 12.7. The first kappa shape index (κ1) is 17.3. The second kappa shape index (κ2) is 7.23. The van der Waals surface area contributed by atoms with E-state index in [0.29, 0.717) is 38.5 Å². The third-order valence-corrected chi connectivity index (χ3v) is 6.12. The number of amides is 2. The molecular formula is C19H24N4O2S. The van der Waals surface area contributed by atoms with Crippen molar-refractivity contribution >= 4 is 23.2 Å². The smallest absolute Gasteiger partial charge is 0.264 e. The molecule has 7 heteroatoms. The van der Waals surface area contributed by atoms with Crippen LogP contribution in [0.3, 0.4) is 0 Å². The van der Waals surface area contributed by atoms with Crippen LogP contribution in [0.15, 0.2) is 18.2 Å². The number of thiophene rings is 1. The fourth-order valence-electron chi connectivity index (χ4n) is 3.23. The second-order valence-corrected chi connectivity index (χ2v) is 8.21. The third kappa shape index (κ3) is 3.82. The standard InChI is InChI=1S/C19H24N4O2S/c1-2-16-6-7-17(26-16)19(25)22-9-10-23-15(12-22)11-14(21-23)5-8-18(24)20-13-3-4-13/h6-7,11,13H,2-5,8-10,12H2,1H3,(H,20,24). The maximum Gasteiger partial charge on any atom is 0.264 e. The summed E-state index contributed by atoms with van der Waals surface area (Å²) in [5.41, 5.74) is 1.99. The van der Waals surface area contributed by atoms with Crippen LogP contribution in [-0.4, -0.2) is 39.1 Å². The molecule has 6 nitrogen and oxygen atoms in total. The Kier molecular flexibility index (Phi) is 4.80. The summed E-state index contributed by atoms with van der Waals surface area (Å²) in [5, 5.41) is 7.61. The monoisotopic (exact) mass is 372 g/mol. The van der Waals surface area contributed by atoms with Crippen LogP contribution in [0.2, 0.25) is 0 Å². The van der Waals surface area contributed by atoms with E-state index in [-0.39, 0.29) is 11.8 Å². The van der Waals surface area contributed by atoms with Crippen LogP contribution < -0.4 is 5.32 Å². The lowest BCUT2D eigenvalue weighted by atomic mass is 10.2. The van der Waals surface area contributed by atoms with Gasteiger partial charge in [-0.05, 0) is 37.5 Å². The number of aryl methyl sites for hydroxylation is 2. The van der Waals surface area contributed by atoms with Crippen LogP contribution in [0.1, 0.15) is 52.1 Å². The Morgan fingerprint density at radius 2 is 2.15 bits per heavy atom. The fraction of sp³-hybridized carbons (Fsp3) is 0.526. The Morgan fingerprint density at radius 1 is 1.31 bits per heavy atom. The summed E-state index contributed by atoms with van der Waals surface area (Å²) in [5.74, 6) is 0.215. The van der Waals surface area contributed by atoms with Gasteiger partial charge in [0.25, 0.3) is 5.91 Å². The minimum atomic E-state index is 0.104. The summed E-state index contributed by atoms with van der Waals surface area (Å²) in [6, 6.07) is 6.41. The molecule has 2 aliphatic rings. The van der Waals surface area contributed by atoms with Gasteiger partial charge in [0, 0.05) is 30.3 Å². The highest BCUT2D eigenvalue weighted by Gasteiger charge is 2.25. The highest BCUT2D eigenvalue weighted by atomic mass is 32.1. The van der Waals surface area contributed by atoms with Crippen molar-refractivity contribution in [1.82, 2.24) is 20.0 Å². The molecule has 4 rings (SSSR count). The van der Waals surface area contributed by atoms with Crippen molar-refractivity contribution in [3.05, 3.63) is 39.3 Å². The lowest BCUT2D eigenvalue weighted by molar-refractivity contribution is -0.121. The molecule has 0 radical (unpaired) electrons. The van der Waals surface area contributed by atoms with Crippen molar-refractivity contribution in [3.8, 4) is 0 Å². The molecule has 0 aromatic carbocycles. The number of fused-ring (bicyclic) bond motifs is 1. The minimum Gasteiger partial charge on any atom is -0.353 e. The van der Waals surface area contributed by atoms with Gasteiger partial charge in [0.05, 0.1) is 29.4 Å². The molecule has 0 spiro atoms. The third-order valence-electron chi connectivity index (χ3n) is 4.91. The van der Waals surface area contributed by atoms with E-state index < -0.39 is 0 Å². The maximum atomic E-state index is 12.7. The van der Waals surface area contributed by atoms with Gasteiger partial charge in [-0.25, -0.2) is 0 Å². The average molecular weight is 372 g/mol. The molecule has 1 N–H and O–H groups in total. The van der Waals surface area contributed by atoms with Crippen molar-refractivity contribution in [2.45, 2.75) is 58.2 Å². The molecule has 0 saturated heterocycles. The van der Waals surface area contributed by atoms with Crippen molar-refractivity contribution in [3.63, 3.8) is 0 Å². The van der Waals surface area contributed by atoms with E-state index in [4.69, 9.17) is 0 Å². The Morgan fingerprint density at radius 3 is 2.88 bits per heavy atom. The number of carbonyl (C=O) groups excluding carboxylic acids is 2. The highest BCUT2D eigenvalue weighted by molar-refractivity contribution is 7.14. The van der Waals surface area contributed by atoms with Crippen molar-refractivity contribution in [2.75, 3.05) is 6.54 Å². The van der Waals surface area contributed by atoms with Crippen molar-refractivity contribution < 1.29 is 9.59 Å². The fourth-order valence-corrected chi connectivity index (χ4v) is 4.14. The van der Waals surface area contributed by atoms with E-state index in [9.17, 15) is 9.59 Å². The molecule has 138 valence electrons. The van der Waals surface area contributed by atoms with Crippen LogP contribution in [0.4, 0.5) is 0 Å². The SMILES string of the molecule is CCc1ccc(C(=O)N2CCn3nc(CCC(=O)NC4CC4)cc3C2)s1. The van der Waals surface area contributed by atoms with Crippen LogP contribution in [0.5, 0.6) is 0 Å². The molecule has 2 amide bonds. The van der Waals surface area contributed by atoms with Gasteiger partial charge in [-0.2, -0.15) is 5.10 Å². The predicted molar refractivity (Wildman–Crippen MR) is 100 cm³/mol. The molecule has 1 aliphatic carbocycles.